The molecule has 1 rings (SSSR count). The monoisotopic (exact) mass is 311 g/mol. The summed E-state index contributed by atoms with van der Waals surface area (Å²) >= 11 is 0. The average Bonchev–Trinajstić information content (AvgIpc) is 2.27. The molecule has 4 nitrogen and oxygen atoms in total. The first-order chi connectivity index (χ1) is 8.62. The Bertz CT molecular complexity index is 602. The van der Waals surface area contributed by atoms with Gasteiger partial charge in [0.2, 0.25) is 0 Å². The first kappa shape index (κ1) is 15.8. The van der Waals surface area contributed by atoms with Gasteiger partial charge in [0.05, 0.1) is 5.56 Å². The molecule has 0 radical (unpaired) electrons. The van der Waals surface area contributed by atoms with E-state index in [0.717, 1.165) is 0 Å². The number of hydrogen-bond donors (Lipinski definition) is 1. The summed E-state index contributed by atoms with van der Waals surface area (Å²) in [5.74, 6) is -3.21. The molecule has 0 fully saturated rings. The highest BCUT2D eigenvalue weighted by Crippen LogP contribution is 2.23. The highest BCUT2D eigenvalue weighted by Gasteiger charge is 2.24. The minimum Gasteiger partial charge on any atom is -0.352 e. The molecule has 1 amide bonds. The third-order valence-corrected chi connectivity index (χ3v) is 3.50. The molecule has 0 saturated heterocycles. The molecule has 8 heteroatoms. The molecule has 0 aliphatic rings. The molecule has 106 valence electrons. The van der Waals surface area contributed by atoms with Gasteiger partial charge < -0.3 is 5.32 Å². The number of carbonyl (C=O) groups is 1. The first-order valence-electron chi connectivity index (χ1n) is 5.35. The number of amides is 1. The van der Waals surface area contributed by atoms with Crippen molar-refractivity contribution in [3.05, 3.63) is 29.3 Å². The zero-order valence-corrected chi connectivity index (χ0v) is 11.8. The fraction of sp³-hybridized carbons (Fsp3) is 0.364. The maximum Gasteiger partial charge on any atom is 0.264 e. The van der Waals surface area contributed by atoms with Gasteiger partial charge >= 0.3 is 0 Å². The third-order valence-electron chi connectivity index (χ3n) is 2.18. The molecule has 0 aliphatic carbocycles. The van der Waals surface area contributed by atoms with Crippen LogP contribution >= 0.6 is 10.7 Å². The van der Waals surface area contributed by atoms with E-state index >= 15 is 0 Å². The Morgan fingerprint density at radius 1 is 1.37 bits per heavy atom. The number of benzene rings is 1. The highest BCUT2D eigenvalue weighted by molar-refractivity contribution is 8.13. The molecule has 0 bridgehead atoms. The molecule has 1 N–H and O–H groups in total. The minimum atomic E-state index is -4.47. The summed E-state index contributed by atoms with van der Waals surface area (Å²) in [6, 6.07) is 1.05. The molecule has 0 aliphatic heterocycles. The summed E-state index contributed by atoms with van der Waals surface area (Å²) in [6.45, 7) is 3.88. The summed E-state index contributed by atoms with van der Waals surface area (Å²) in [6.07, 6.45) is 0. The van der Waals surface area contributed by atoms with Crippen LogP contribution < -0.4 is 5.32 Å². The SMILES string of the molecule is CC(C)CNC(=O)c1cc(F)cc(S(=O)(=O)Cl)c1F. The van der Waals surface area contributed by atoms with Crippen molar-refractivity contribution in [3.63, 3.8) is 0 Å². The molecule has 0 aromatic heterocycles. The molecule has 19 heavy (non-hydrogen) atoms. The normalized spacial score (nSPS) is 11.7. The second-order valence-electron chi connectivity index (χ2n) is 4.31. The van der Waals surface area contributed by atoms with Gasteiger partial charge in [-0.15, -0.1) is 0 Å². The van der Waals surface area contributed by atoms with E-state index in [-0.39, 0.29) is 12.5 Å². The Morgan fingerprint density at radius 2 is 1.95 bits per heavy atom. The van der Waals surface area contributed by atoms with Crippen molar-refractivity contribution < 1.29 is 22.0 Å². The van der Waals surface area contributed by atoms with Crippen LogP contribution in [0.1, 0.15) is 24.2 Å². The number of nitrogens with one attached hydrogen (secondary N) is 1. The summed E-state index contributed by atoms with van der Waals surface area (Å²) in [4.78, 5) is 10.6. The lowest BCUT2D eigenvalue weighted by Gasteiger charge is -2.09. The quantitative estimate of drug-likeness (QED) is 0.868. The molecule has 0 spiro atoms. The van der Waals surface area contributed by atoms with Crippen LogP contribution in [0.5, 0.6) is 0 Å². The van der Waals surface area contributed by atoms with E-state index in [4.69, 9.17) is 10.7 Å². The van der Waals surface area contributed by atoms with Crippen LogP contribution in [0.25, 0.3) is 0 Å². The van der Waals surface area contributed by atoms with E-state index in [1.807, 2.05) is 13.8 Å². The standard InChI is InChI=1S/C11H12ClF2NO3S/c1-6(2)5-15-11(16)8-3-7(13)4-9(10(8)14)19(12,17)18/h3-4,6H,5H2,1-2H3,(H,15,16). The van der Waals surface area contributed by atoms with Crippen molar-refractivity contribution in [1.82, 2.24) is 5.32 Å². The molecule has 1 aromatic carbocycles. The van der Waals surface area contributed by atoms with Crippen LogP contribution in [0, 0.1) is 17.6 Å². The minimum absolute atomic E-state index is 0.108. The van der Waals surface area contributed by atoms with Gasteiger partial charge in [0.15, 0.2) is 5.82 Å². The molecule has 0 unspecified atom stereocenters. The van der Waals surface area contributed by atoms with E-state index in [2.05, 4.69) is 5.32 Å². The second-order valence-corrected chi connectivity index (χ2v) is 6.84. The zero-order valence-electron chi connectivity index (χ0n) is 10.2. The van der Waals surface area contributed by atoms with Crippen LogP contribution in [0.2, 0.25) is 0 Å². The van der Waals surface area contributed by atoms with Crippen LogP contribution in [0.3, 0.4) is 0 Å². The van der Waals surface area contributed by atoms with Crippen molar-refractivity contribution in [2.45, 2.75) is 18.7 Å². The maximum atomic E-state index is 13.8. The first-order valence-corrected chi connectivity index (χ1v) is 7.65. The summed E-state index contributed by atoms with van der Waals surface area (Å²) in [7, 11) is 0.508. The summed E-state index contributed by atoms with van der Waals surface area (Å²) < 4.78 is 49.2. The Labute approximate surface area is 114 Å². The van der Waals surface area contributed by atoms with Gasteiger partial charge in [-0.1, -0.05) is 13.8 Å². The van der Waals surface area contributed by atoms with Gasteiger partial charge in [0.25, 0.3) is 15.0 Å². The van der Waals surface area contributed by atoms with Crippen LogP contribution in [0.4, 0.5) is 8.78 Å². The van der Waals surface area contributed by atoms with Gasteiger partial charge in [-0.25, -0.2) is 17.2 Å². The van der Waals surface area contributed by atoms with E-state index in [1.165, 1.54) is 0 Å². The fourth-order valence-electron chi connectivity index (χ4n) is 1.30. The van der Waals surface area contributed by atoms with E-state index in [1.54, 1.807) is 0 Å². The number of rotatable bonds is 4. The molecule has 0 atom stereocenters. The highest BCUT2D eigenvalue weighted by atomic mass is 35.7. The molecular formula is C11H12ClF2NO3S. The van der Waals surface area contributed by atoms with Crippen molar-refractivity contribution >= 4 is 25.6 Å². The van der Waals surface area contributed by atoms with Crippen molar-refractivity contribution in [2.75, 3.05) is 6.54 Å². The Kier molecular flexibility index (Phi) is 4.86. The van der Waals surface area contributed by atoms with E-state index < -0.39 is 37.1 Å². The summed E-state index contributed by atoms with van der Waals surface area (Å²) in [5.41, 5.74) is -0.695. The number of hydrogen-bond acceptors (Lipinski definition) is 3. The number of halogens is 3. The maximum absolute atomic E-state index is 13.8. The largest absolute Gasteiger partial charge is 0.352 e. The topological polar surface area (TPSA) is 63.2 Å². The lowest BCUT2D eigenvalue weighted by Crippen LogP contribution is -2.28. The Balaban J connectivity index is 3.22. The second kappa shape index (κ2) is 5.83. The Hall–Kier alpha value is -1.21. The van der Waals surface area contributed by atoms with Crippen LogP contribution in [-0.4, -0.2) is 20.9 Å². The van der Waals surface area contributed by atoms with Crippen LogP contribution in [-0.2, 0) is 9.05 Å². The van der Waals surface area contributed by atoms with Gasteiger partial charge in [-0.3, -0.25) is 4.79 Å². The van der Waals surface area contributed by atoms with Gasteiger partial charge in [0, 0.05) is 17.2 Å². The van der Waals surface area contributed by atoms with Gasteiger partial charge in [0.1, 0.15) is 10.7 Å². The number of carbonyl (C=O) groups excluding carboxylic acids is 1. The predicted molar refractivity (Wildman–Crippen MR) is 66.6 cm³/mol. The van der Waals surface area contributed by atoms with Crippen LogP contribution in [0.15, 0.2) is 17.0 Å². The molecular weight excluding hydrogens is 300 g/mol. The summed E-state index contributed by atoms with van der Waals surface area (Å²) in [5, 5.41) is 2.36. The van der Waals surface area contributed by atoms with Gasteiger partial charge in [-0.2, -0.15) is 0 Å². The molecule has 1 aromatic rings. The Morgan fingerprint density at radius 3 is 2.42 bits per heavy atom. The average molecular weight is 312 g/mol. The lowest BCUT2D eigenvalue weighted by molar-refractivity contribution is 0.0944. The molecule has 0 heterocycles. The van der Waals surface area contributed by atoms with E-state index in [9.17, 15) is 22.0 Å². The van der Waals surface area contributed by atoms with Gasteiger partial charge in [-0.05, 0) is 18.1 Å². The third kappa shape index (κ3) is 4.14. The van der Waals surface area contributed by atoms with Crippen molar-refractivity contribution in [1.29, 1.82) is 0 Å². The molecule has 0 saturated carbocycles. The lowest BCUT2D eigenvalue weighted by atomic mass is 10.1. The zero-order chi connectivity index (χ0) is 14.8. The van der Waals surface area contributed by atoms with Crippen molar-refractivity contribution in [2.24, 2.45) is 5.92 Å². The van der Waals surface area contributed by atoms with E-state index in [0.29, 0.717) is 12.1 Å². The smallest absolute Gasteiger partial charge is 0.264 e. The fourth-order valence-corrected chi connectivity index (χ4v) is 2.21. The predicted octanol–water partition coefficient (Wildman–Crippen LogP) is 2.28. The van der Waals surface area contributed by atoms with Crippen molar-refractivity contribution in [3.8, 4) is 0 Å².